The summed E-state index contributed by atoms with van der Waals surface area (Å²) in [7, 11) is 0. The SMILES string of the molecule is FC1(F)C(=C2C(F)(F)C(F)(F)C2(F)F)/C(=C2/C(=C3C(F)(F)C(F)(F)C3(F)F)C(F)(F)C2(F)F)C1(F)F. The number of halogens is 20. The number of alkyl halides is 20. The van der Waals surface area contributed by atoms with Crippen LogP contribution in [0.2, 0.25) is 0 Å². The van der Waals surface area contributed by atoms with Crippen molar-refractivity contribution in [3.05, 3.63) is 33.4 Å². The maximum Gasteiger partial charge on any atom is 0.380 e. The van der Waals surface area contributed by atoms with Gasteiger partial charge in [0.1, 0.15) is 0 Å². The zero-order chi connectivity index (χ0) is 28.5. The Kier molecular flexibility index (Phi) is 4.31. The summed E-state index contributed by atoms with van der Waals surface area (Å²) >= 11 is 0. The van der Waals surface area contributed by atoms with Crippen LogP contribution in [0.5, 0.6) is 0 Å². The fraction of sp³-hybridized carbons (Fsp3) is 0.625. The van der Waals surface area contributed by atoms with E-state index in [2.05, 4.69) is 0 Å². The highest BCUT2D eigenvalue weighted by atomic mass is 19.4. The van der Waals surface area contributed by atoms with E-state index in [4.69, 9.17) is 0 Å². The molecule has 4 fully saturated rings. The van der Waals surface area contributed by atoms with Gasteiger partial charge in [-0.2, -0.15) is 87.8 Å². The van der Waals surface area contributed by atoms with Gasteiger partial charge in [0.25, 0.3) is 0 Å². The van der Waals surface area contributed by atoms with Crippen molar-refractivity contribution < 1.29 is 87.8 Å². The lowest BCUT2D eigenvalue weighted by Gasteiger charge is -2.56. The first-order valence-corrected chi connectivity index (χ1v) is 8.53. The van der Waals surface area contributed by atoms with Crippen LogP contribution in [0.15, 0.2) is 33.4 Å². The summed E-state index contributed by atoms with van der Waals surface area (Å²) in [5, 5.41) is 0. The number of allylic oxidation sites excluding steroid dienone is 6. The van der Waals surface area contributed by atoms with Crippen LogP contribution in [0, 0.1) is 0 Å². The molecule has 4 aliphatic rings. The molecule has 36 heavy (non-hydrogen) atoms. The third-order valence-electron chi connectivity index (χ3n) is 6.13. The first-order valence-electron chi connectivity index (χ1n) is 8.53. The summed E-state index contributed by atoms with van der Waals surface area (Å²) in [5.74, 6) is -65.8. The van der Waals surface area contributed by atoms with Gasteiger partial charge in [0.2, 0.25) is 0 Å². The maximum atomic E-state index is 14.0. The highest BCUT2D eigenvalue weighted by Crippen LogP contribution is 2.77. The maximum absolute atomic E-state index is 14.0. The lowest BCUT2D eigenvalue weighted by Crippen LogP contribution is -2.74. The summed E-state index contributed by atoms with van der Waals surface area (Å²) in [6, 6.07) is 0. The molecule has 0 aromatic rings. The van der Waals surface area contributed by atoms with Crippen molar-refractivity contribution in [2.45, 2.75) is 59.2 Å². The Labute approximate surface area is 181 Å². The van der Waals surface area contributed by atoms with Crippen LogP contribution in [0.3, 0.4) is 0 Å². The molecule has 0 aromatic carbocycles. The summed E-state index contributed by atoms with van der Waals surface area (Å²) in [6.07, 6.45) is 0. The van der Waals surface area contributed by atoms with Crippen molar-refractivity contribution in [1.29, 1.82) is 0 Å². The molecule has 0 aromatic heterocycles. The van der Waals surface area contributed by atoms with Crippen LogP contribution in [0.1, 0.15) is 0 Å². The molecule has 0 nitrogen and oxygen atoms in total. The molecule has 0 radical (unpaired) electrons. The Morgan fingerprint density at radius 3 is 0.583 bits per heavy atom. The molecule has 0 saturated heterocycles. The lowest BCUT2D eigenvalue weighted by atomic mass is 9.57. The van der Waals surface area contributed by atoms with Crippen LogP contribution in [0.4, 0.5) is 87.8 Å². The quantitative estimate of drug-likeness (QED) is 0.268. The van der Waals surface area contributed by atoms with E-state index < -0.39 is 92.7 Å². The zero-order valence-electron chi connectivity index (χ0n) is 15.6. The first-order chi connectivity index (χ1) is 15.5. The molecule has 0 aliphatic heterocycles. The number of hydrogen-bond acceptors (Lipinski definition) is 0. The van der Waals surface area contributed by atoms with Gasteiger partial charge in [0.05, 0.1) is 11.1 Å². The second-order valence-corrected chi connectivity index (χ2v) is 7.99. The summed E-state index contributed by atoms with van der Waals surface area (Å²) in [5.41, 5.74) is -23.4. The van der Waals surface area contributed by atoms with E-state index in [9.17, 15) is 87.8 Å². The molecule has 20 heteroatoms. The minimum absolute atomic E-state index is 3.82. The molecule has 0 heterocycles. The molecule has 0 N–H and O–H groups in total. The third kappa shape index (κ3) is 2.11. The largest absolute Gasteiger partial charge is 0.380 e. The minimum atomic E-state index is -6.65. The van der Waals surface area contributed by atoms with Gasteiger partial charge >= 0.3 is 59.2 Å². The van der Waals surface area contributed by atoms with Crippen molar-refractivity contribution in [2.24, 2.45) is 0 Å². The molecular weight excluding hydrogens is 572 g/mol. The summed E-state index contributed by atoms with van der Waals surface area (Å²) in [4.78, 5) is 0. The van der Waals surface area contributed by atoms with Gasteiger partial charge < -0.3 is 0 Å². The second-order valence-electron chi connectivity index (χ2n) is 7.99. The minimum Gasteiger partial charge on any atom is -0.194 e. The van der Waals surface area contributed by atoms with Crippen molar-refractivity contribution in [2.75, 3.05) is 0 Å². The van der Waals surface area contributed by atoms with Gasteiger partial charge in [-0.3, -0.25) is 0 Å². The highest BCUT2D eigenvalue weighted by molar-refractivity contribution is 5.75. The first kappa shape index (κ1) is 26.9. The second kappa shape index (κ2) is 5.78. The Hall–Kier alpha value is -2.18. The van der Waals surface area contributed by atoms with E-state index in [1.54, 1.807) is 0 Å². The Morgan fingerprint density at radius 1 is 0.222 bits per heavy atom. The molecule has 0 unspecified atom stereocenters. The topological polar surface area (TPSA) is 0 Å². The zero-order valence-corrected chi connectivity index (χ0v) is 15.6. The monoisotopic (exact) mass is 572 g/mol. The van der Waals surface area contributed by atoms with Crippen molar-refractivity contribution in [3.63, 3.8) is 0 Å². The average Bonchev–Trinajstić information content (AvgIpc) is 2.66. The normalized spacial score (nSPS) is 36.3. The van der Waals surface area contributed by atoms with E-state index in [1.807, 2.05) is 0 Å². The molecule has 0 bridgehead atoms. The van der Waals surface area contributed by atoms with E-state index in [1.165, 1.54) is 0 Å². The van der Waals surface area contributed by atoms with Gasteiger partial charge in [-0.25, -0.2) is 0 Å². The fourth-order valence-electron chi connectivity index (χ4n) is 4.18. The Balaban J connectivity index is 2.17. The molecule has 0 amide bonds. The van der Waals surface area contributed by atoms with Gasteiger partial charge in [-0.05, 0) is 0 Å². The molecule has 0 atom stereocenters. The van der Waals surface area contributed by atoms with Crippen molar-refractivity contribution >= 4 is 0 Å². The predicted octanol–water partition coefficient (Wildman–Crippen LogP) is 7.28. The number of hydrogen-bond donors (Lipinski definition) is 0. The lowest BCUT2D eigenvalue weighted by molar-refractivity contribution is -0.353. The third-order valence-corrected chi connectivity index (χ3v) is 6.13. The Morgan fingerprint density at radius 2 is 0.389 bits per heavy atom. The Bertz CT molecular complexity index is 1060. The van der Waals surface area contributed by atoms with Gasteiger partial charge in [0, 0.05) is 22.3 Å². The predicted molar refractivity (Wildman–Crippen MR) is 70.5 cm³/mol. The van der Waals surface area contributed by atoms with Crippen LogP contribution in [-0.2, 0) is 0 Å². The summed E-state index contributed by atoms with van der Waals surface area (Å²) in [6.45, 7) is 0. The van der Waals surface area contributed by atoms with Crippen LogP contribution < -0.4 is 0 Å². The van der Waals surface area contributed by atoms with Gasteiger partial charge in [-0.15, -0.1) is 0 Å². The molecule has 4 aliphatic carbocycles. The van der Waals surface area contributed by atoms with Crippen molar-refractivity contribution in [1.82, 2.24) is 0 Å². The molecule has 204 valence electrons. The van der Waals surface area contributed by atoms with Crippen molar-refractivity contribution in [3.8, 4) is 0 Å². The standard InChI is InChI=1S/C16F20/c17-7(18)1(3(9(7,21)22)5-11(25,26)15(33,34)12(5,27)28)2-4(10(23,24)8(2,19)20)6-13(29,30)16(35,36)14(6,31)32/b2-1+. The van der Waals surface area contributed by atoms with E-state index in [-0.39, 0.29) is 0 Å². The average molecular weight is 572 g/mol. The molecular formula is C16F20. The van der Waals surface area contributed by atoms with Gasteiger partial charge in [-0.1, -0.05) is 0 Å². The fourth-order valence-corrected chi connectivity index (χ4v) is 4.18. The van der Waals surface area contributed by atoms with E-state index in [0.29, 0.717) is 0 Å². The van der Waals surface area contributed by atoms with Crippen LogP contribution >= 0.6 is 0 Å². The molecule has 0 spiro atoms. The van der Waals surface area contributed by atoms with Gasteiger partial charge in [0.15, 0.2) is 0 Å². The number of rotatable bonds is 0. The molecule has 4 rings (SSSR count). The smallest absolute Gasteiger partial charge is 0.194 e. The van der Waals surface area contributed by atoms with Crippen LogP contribution in [-0.4, -0.2) is 59.2 Å². The summed E-state index contributed by atoms with van der Waals surface area (Å²) < 4.78 is 272. The van der Waals surface area contributed by atoms with Crippen LogP contribution in [0.25, 0.3) is 0 Å². The van der Waals surface area contributed by atoms with E-state index in [0.717, 1.165) is 0 Å². The molecule has 4 saturated carbocycles. The van der Waals surface area contributed by atoms with E-state index >= 15 is 0 Å². The highest BCUT2D eigenvalue weighted by Gasteiger charge is 2.94.